The van der Waals surface area contributed by atoms with Crippen LogP contribution in [0.4, 0.5) is 5.69 Å². The van der Waals surface area contributed by atoms with Crippen molar-refractivity contribution in [2.45, 2.75) is 39.4 Å². The van der Waals surface area contributed by atoms with Crippen molar-refractivity contribution in [2.24, 2.45) is 0 Å². The lowest BCUT2D eigenvalue weighted by molar-refractivity contribution is 0.00342. The van der Waals surface area contributed by atoms with Crippen molar-refractivity contribution in [2.75, 3.05) is 50.7 Å². The molecule has 1 aromatic heterocycles. The van der Waals surface area contributed by atoms with Gasteiger partial charge in [-0.25, -0.2) is 0 Å². The van der Waals surface area contributed by atoms with Gasteiger partial charge in [-0.2, -0.15) is 5.26 Å². The molecule has 1 atom stereocenters. The molecule has 2 fully saturated rings. The van der Waals surface area contributed by atoms with Crippen LogP contribution in [-0.2, 0) is 11.3 Å². The van der Waals surface area contributed by atoms with E-state index < -0.39 is 0 Å². The van der Waals surface area contributed by atoms with Crippen LogP contribution < -0.4 is 4.90 Å². The van der Waals surface area contributed by atoms with Gasteiger partial charge in [-0.3, -0.25) is 9.69 Å². The second-order valence-electron chi connectivity index (χ2n) is 10.2. The van der Waals surface area contributed by atoms with Crippen LogP contribution in [0.25, 0.3) is 0 Å². The Bertz CT molecular complexity index is 1260. The molecule has 3 heterocycles. The van der Waals surface area contributed by atoms with Crippen molar-refractivity contribution in [3.05, 3.63) is 82.2 Å². The highest BCUT2D eigenvalue weighted by Gasteiger charge is 2.28. The molecular formula is C30H35N5O3. The average Bonchev–Trinajstić information content (AvgIpc) is 3.61. The molecule has 38 heavy (non-hydrogen) atoms. The Morgan fingerprint density at radius 2 is 1.79 bits per heavy atom. The molecule has 3 aromatic rings. The Labute approximate surface area is 224 Å². The number of nitrogens with zero attached hydrogens (tertiary/aromatic N) is 5. The van der Waals surface area contributed by atoms with Crippen LogP contribution in [0.3, 0.4) is 0 Å². The molecular weight excluding hydrogens is 478 g/mol. The van der Waals surface area contributed by atoms with Crippen molar-refractivity contribution in [1.29, 1.82) is 5.26 Å². The summed E-state index contributed by atoms with van der Waals surface area (Å²) in [6.45, 7) is 9.86. The smallest absolute Gasteiger partial charge is 0.259 e. The summed E-state index contributed by atoms with van der Waals surface area (Å²) in [6, 6.07) is 18.5. The Kier molecular flexibility index (Phi) is 8.06. The number of benzene rings is 2. The Hall–Kier alpha value is -3.67. The Morgan fingerprint density at radius 3 is 2.45 bits per heavy atom. The zero-order valence-corrected chi connectivity index (χ0v) is 22.2. The number of ether oxygens (including phenoxy) is 1. The largest absolute Gasteiger partial charge is 0.372 e. The molecule has 0 bridgehead atoms. The van der Waals surface area contributed by atoms with Gasteiger partial charge in [0.25, 0.3) is 5.91 Å². The number of amides is 1. The minimum atomic E-state index is -0.113. The molecule has 2 aromatic carbocycles. The molecule has 0 N–H and O–H groups in total. The average molecular weight is 514 g/mol. The van der Waals surface area contributed by atoms with Gasteiger partial charge in [-0.1, -0.05) is 29.4 Å². The number of aromatic nitrogens is 1. The summed E-state index contributed by atoms with van der Waals surface area (Å²) in [4.78, 5) is 19.8. The molecule has 2 aliphatic heterocycles. The minimum absolute atomic E-state index is 0.00664. The molecule has 5 rings (SSSR count). The molecule has 2 aliphatic rings. The van der Waals surface area contributed by atoms with Gasteiger partial charge in [0.05, 0.1) is 30.0 Å². The maximum Gasteiger partial charge on any atom is 0.259 e. The molecule has 8 nitrogen and oxygen atoms in total. The zero-order chi connectivity index (χ0) is 26.5. The van der Waals surface area contributed by atoms with Crippen LogP contribution in [0, 0.1) is 25.2 Å². The van der Waals surface area contributed by atoms with E-state index in [-0.39, 0.29) is 12.0 Å². The molecule has 0 unspecified atom stereocenters. The predicted molar refractivity (Wildman–Crippen MR) is 145 cm³/mol. The van der Waals surface area contributed by atoms with Crippen LogP contribution in [0.5, 0.6) is 0 Å². The third-order valence-corrected chi connectivity index (χ3v) is 7.58. The van der Waals surface area contributed by atoms with Crippen LogP contribution in [0.15, 0.2) is 53.1 Å². The standard InChI is InChI=1S/C30H35N5O3/c1-22-29(23(2)38-32-22)30(36)35-16-14-33(15-17-35)20-28(37-21-25-10-8-24(19-31)9-11-25)26-6-5-7-27(18-26)34-12-3-4-13-34/h5-11,18,28H,3-4,12-17,20-21H2,1-2H3/t28-/m0/s1. The second kappa shape index (κ2) is 11.8. The highest BCUT2D eigenvalue weighted by Crippen LogP contribution is 2.28. The van der Waals surface area contributed by atoms with E-state index in [1.165, 1.54) is 18.5 Å². The molecule has 8 heteroatoms. The normalized spacial score (nSPS) is 17.0. The van der Waals surface area contributed by atoms with Gasteiger partial charge in [-0.05, 0) is 62.1 Å². The van der Waals surface area contributed by atoms with Crippen LogP contribution in [-0.4, -0.2) is 66.7 Å². The summed E-state index contributed by atoms with van der Waals surface area (Å²) in [5.74, 6) is 0.567. The van der Waals surface area contributed by atoms with Gasteiger partial charge in [0.15, 0.2) is 0 Å². The maximum atomic E-state index is 13.1. The Balaban J connectivity index is 1.27. The number of piperazine rings is 1. The third-order valence-electron chi connectivity index (χ3n) is 7.58. The number of carbonyl (C=O) groups is 1. The lowest BCUT2D eigenvalue weighted by Gasteiger charge is -2.36. The molecule has 198 valence electrons. The highest BCUT2D eigenvalue weighted by atomic mass is 16.5. The number of carbonyl (C=O) groups excluding carboxylic acids is 1. The summed E-state index contributed by atoms with van der Waals surface area (Å²) in [6.07, 6.45) is 2.36. The summed E-state index contributed by atoms with van der Waals surface area (Å²) < 4.78 is 11.7. The van der Waals surface area contributed by atoms with E-state index in [9.17, 15) is 4.79 Å². The van der Waals surface area contributed by atoms with Crippen molar-refractivity contribution < 1.29 is 14.1 Å². The molecule has 0 spiro atoms. The maximum absolute atomic E-state index is 13.1. The number of anilines is 1. The summed E-state index contributed by atoms with van der Waals surface area (Å²) in [5.41, 5.74) is 5.33. The molecule has 0 radical (unpaired) electrons. The van der Waals surface area contributed by atoms with Crippen molar-refractivity contribution in [1.82, 2.24) is 15.0 Å². The first-order valence-corrected chi connectivity index (χ1v) is 13.4. The second-order valence-corrected chi connectivity index (χ2v) is 10.2. The fraction of sp³-hybridized carbons (Fsp3) is 0.433. The SMILES string of the molecule is Cc1noc(C)c1C(=O)N1CCN(C[C@H](OCc2ccc(C#N)cc2)c2cccc(N3CCCC3)c2)CC1. The van der Waals surface area contributed by atoms with Gasteiger partial charge >= 0.3 is 0 Å². The number of nitriles is 1. The number of hydrogen-bond acceptors (Lipinski definition) is 7. The van der Waals surface area contributed by atoms with Gasteiger partial charge in [0, 0.05) is 51.5 Å². The molecule has 0 saturated carbocycles. The van der Waals surface area contributed by atoms with E-state index in [1.807, 2.05) is 36.1 Å². The number of rotatable bonds is 8. The third kappa shape index (κ3) is 5.90. The van der Waals surface area contributed by atoms with E-state index >= 15 is 0 Å². The minimum Gasteiger partial charge on any atom is -0.372 e. The first kappa shape index (κ1) is 26.0. The lowest BCUT2D eigenvalue weighted by Crippen LogP contribution is -2.49. The molecule has 2 saturated heterocycles. The predicted octanol–water partition coefficient (Wildman–Crippen LogP) is 4.48. The monoisotopic (exact) mass is 513 g/mol. The Morgan fingerprint density at radius 1 is 1.05 bits per heavy atom. The first-order valence-electron chi connectivity index (χ1n) is 13.4. The molecule has 1 amide bonds. The lowest BCUT2D eigenvalue weighted by atomic mass is 10.1. The van der Waals surface area contributed by atoms with Crippen molar-refractivity contribution >= 4 is 11.6 Å². The summed E-state index contributed by atoms with van der Waals surface area (Å²) >= 11 is 0. The summed E-state index contributed by atoms with van der Waals surface area (Å²) in [5, 5.41) is 13.0. The van der Waals surface area contributed by atoms with Gasteiger partial charge in [0.2, 0.25) is 0 Å². The van der Waals surface area contributed by atoms with Gasteiger partial charge in [0.1, 0.15) is 11.3 Å². The molecule has 0 aliphatic carbocycles. The summed E-state index contributed by atoms with van der Waals surface area (Å²) in [7, 11) is 0. The van der Waals surface area contributed by atoms with E-state index in [0.717, 1.165) is 43.9 Å². The zero-order valence-electron chi connectivity index (χ0n) is 22.2. The van der Waals surface area contributed by atoms with E-state index in [0.29, 0.717) is 42.3 Å². The van der Waals surface area contributed by atoms with Crippen LogP contribution >= 0.6 is 0 Å². The van der Waals surface area contributed by atoms with Gasteiger partial charge in [-0.15, -0.1) is 0 Å². The van der Waals surface area contributed by atoms with Crippen molar-refractivity contribution in [3.63, 3.8) is 0 Å². The van der Waals surface area contributed by atoms with Crippen molar-refractivity contribution in [3.8, 4) is 6.07 Å². The van der Waals surface area contributed by atoms with E-state index in [2.05, 4.69) is 45.3 Å². The van der Waals surface area contributed by atoms with Gasteiger partial charge < -0.3 is 19.1 Å². The fourth-order valence-corrected chi connectivity index (χ4v) is 5.34. The fourth-order valence-electron chi connectivity index (χ4n) is 5.34. The number of hydrogen-bond donors (Lipinski definition) is 0. The van der Waals surface area contributed by atoms with E-state index in [1.54, 1.807) is 6.92 Å². The van der Waals surface area contributed by atoms with Crippen LogP contribution in [0.2, 0.25) is 0 Å². The number of aryl methyl sites for hydroxylation is 2. The van der Waals surface area contributed by atoms with E-state index in [4.69, 9.17) is 14.5 Å². The highest BCUT2D eigenvalue weighted by molar-refractivity contribution is 5.96. The quantitative estimate of drug-likeness (QED) is 0.439. The topological polar surface area (TPSA) is 85.8 Å². The first-order chi connectivity index (χ1) is 18.5. The van der Waals surface area contributed by atoms with Crippen LogP contribution in [0.1, 0.15) is 57.4 Å².